The van der Waals surface area contributed by atoms with Crippen molar-refractivity contribution in [3.63, 3.8) is 0 Å². The van der Waals surface area contributed by atoms with E-state index in [-0.39, 0.29) is 18.2 Å². The first-order valence-corrected chi connectivity index (χ1v) is 11.2. The molecule has 0 aromatic heterocycles. The van der Waals surface area contributed by atoms with Gasteiger partial charge in [-0.1, -0.05) is 84.4 Å². The minimum absolute atomic E-state index is 0.0490. The van der Waals surface area contributed by atoms with Crippen LogP contribution in [-0.4, -0.2) is 29.3 Å². The molecule has 1 N–H and O–H groups in total. The summed E-state index contributed by atoms with van der Waals surface area (Å²) in [6, 6.07) is 25.3. The van der Waals surface area contributed by atoms with Gasteiger partial charge in [-0.25, -0.2) is 0 Å². The highest BCUT2D eigenvalue weighted by Crippen LogP contribution is 2.18. The molecule has 0 aliphatic heterocycles. The predicted octanol–water partition coefficient (Wildman–Crippen LogP) is 4.62. The van der Waals surface area contributed by atoms with Gasteiger partial charge >= 0.3 is 0 Å². The number of aryl methyl sites for hydroxylation is 2. The smallest absolute Gasteiger partial charge is 0.243 e. The molecule has 0 aliphatic rings. The molecular formula is C28H32N2O2. The van der Waals surface area contributed by atoms with Crippen LogP contribution in [0.5, 0.6) is 0 Å². The first-order valence-electron chi connectivity index (χ1n) is 11.2. The van der Waals surface area contributed by atoms with Crippen LogP contribution in [0.2, 0.25) is 0 Å². The van der Waals surface area contributed by atoms with Crippen LogP contribution in [0.1, 0.15) is 34.7 Å². The van der Waals surface area contributed by atoms with Crippen LogP contribution in [-0.2, 0) is 29.0 Å². The van der Waals surface area contributed by atoms with Crippen molar-refractivity contribution in [3.8, 4) is 0 Å². The number of hydrogen-bond donors (Lipinski definition) is 1. The zero-order chi connectivity index (χ0) is 22.9. The second-order valence-electron chi connectivity index (χ2n) is 8.21. The van der Waals surface area contributed by atoms with Crippen LogP contribution in [0.3, 0.4) is 0 Å². The lowest BCUT2D eigenvalue weighted by Crippen LogP contribution is -2.51. The quantitative estimate of drug-likeness (QED) is 0.541. The topological polar surface area (TPSA) is 49.4 Å². The highest BCUT2D eigenvalue weighted by Gasteiger charge is 2.30. The number of benzene rings is 3. The van der Waals surface area contributed by atoms with Gasteiger partial charge in [-0.3, -0.25) is 9.59 Å². The van der Waals surface area contributed by atoms with Gasteiger partial charge in [-0.05, 0) is 43.0 Å². The largest absolute Gasteiger partial charge is 0.355 e. The van der Waals surface area contributed by atoms with E-state index in [1.165, 1.54) is 0 Å². The standard InChI is InChI=1S/C28H32N2O2/c1-4-29-28(32)26(18-23-11-6-5-7-12-23)30(20-24-16-14-21(2)15-17-24)27(31)19-25-13-9-8-10-22(25)3/h5-17,26H,4,18-20H2,1-3H3,(H,29,32). The van der Waals surface area contributed by atoms with Crippen molar-refractivity contribution >= 4 is 11.8 Å². The van der Waals surface area contributed by atoms with Gasteiger partial charge in [-0.2, -0.15) is 0 Å². The summed E-state index contributed by atoms with van der Waals surface area (Å²) in [6.07, 6.45) is 0.737. The van der Waals surface area contributed by atoms with Gasteiger partial charge in [-0.15, -0.1) is 0 Å². The summed E-state index contributed by atoms with van der Waals surface area (Å²) >= 11 is 0. The Labute approximate surface area is 191 Å². The average molecular weight is 429 g/mol. The number of hydrogen-bond acceptors (Lipinski definition) is 2. The number of rotatable bonds is 9. The number of amides is 2. The molecule has 0 saturated carbocycles. The summed E-state index contributed by atoms with van der Waals surface area (Å²) in [5.41, 5.74) is 5.27. The molecule has 0 spiro atoms. The van der Waals surface area contributed by atoms with Gasteiger partial charge in [0, 0.05) is 19.5 Å². The summed E-state index contributed by atoms with van der Waals surface area (Å²) in [5.74, 6) is -0.173. The van der Waals surface area contributed by atoms with Gasteiger partial charge in [0.2, 0.25) is 11.8 Å². The normalized spacial score (nSPS) is 11.6. The molecule has 32 heavy (non-hydrogen) atoms. The zero-order valence-corrected chi connectivity index (χ0v) is 19.2. The lowest BCUT2D eigenvalue weighted by atomic mass is 10.00. The maximum Gasteiger partial charge on any atom is 0.243 e. The van der Waals surface area contributed by atoms with Crippen molar-refractivity contribution in [1.29, 1.82) is 0 Å². The Morgan fingerprint density at radius 3 is 2.16 bits per heavy atom. The minimum atomic E-state index is -0.588. The van der Waals surface area contributed by atoms with Crippen LogP contribution in [0.15, 0.2) is 78.9 Å². The van der Waals surface area contributed by atoms with E-state index in [4.69, 9.17) is 0 Å². The number of carbonyl (C=O) groups excluding carboxylic acids is 2. The third-order valence-electron chi connectivity index (χ3n) is 5.70. The van der Waals surface area contributed by atoms with E-state index in [9.17, 15) is 9.59 Å². The van der Waals surface area contributed by atoms with Crippen molar-refractivity contribution in [2.75, 3.05) is 6.54 Å². The van der Waals surface area contributed by atoms with Crippen LogP contribution in [0, 0.1) is 13.8 Å². The Bertz CT molecular complexity index is 1030. The molecule has 0 fully saturated rings. The molecule has 4 heteroatoms. The number of nitrogens with one attached hydrogen (secondary N) is 1. The molecule has 0 saturated heterocycles. The van der Waals surface area contributed by atoms with Crippen molar-refractivity contribution in [2.45, 2.75) is 46.2 Å². The Morgan fingerprint density at radius 2 is 1.50 bits per heavy atom. The van der Waals surface area contributed by atoms with E-state index in [1.54, 1.807) is 4.90 Å². The van der Waals surface area contributed by atoms with E-state index in [0.29, 0.717) is 19.5 Å². The van der Waals surface area contributed by atoms with Crippen molar-refractivity contribution < 1.29 is 9.59 Å². The van der Waals surface area contributed by atoms with Gasteiger partial charge in [0.15, 0.2) is 0 Å². The second-order valence-corrected chi connectivity index (χ2v) is 8.21. The molecule has 0 radical (unpaired) electrons. The van der Waals surface area contributed by atoms with Crippen LogP contribution < -0.4 is 5.32 Å². The number of likely N-dealkylation sites (N-methyl/N-ethyl adjacent to an activating group) is 1. The van der Waals surface area contributed by atoms with Gasteiger partial charge in [0.05, 0.1) is 6.42 Å². The first kappa shape index (κ1) is 23.3. The molecule has 2 amide bonds. The van der Waals surface area contributed by atoms with E-state index in [0.717, 1.165) is 27.8 Å². The van der Waals surface area contributed by atoms with Gasteiger partial charge < -0.3 is 10.2 Å². The zero-order valence-electron chi connectivity index (χ0n) is 19.2. The summed E-state index contributed by atoms with van der Waals surface area (Å²) in [6.45, 7) is 6.86. The van der Waals surface area contributed by atoms with Crippen molar-refractivity contribution in [1.82, 2.24) is 10.2 Å². The lowest BCUT2D eigenvalue weighted by Gasteiger charge is -2.32. The summed E-state index contributed by atoms with van der Waals surface area (Å²) in [5, 5.41) is 2.94. The van der Waals surface area contributed by atoms with E-state index in [1.807, 2.05) is 99.6 Å². The summed E-state index contributed by atoms with van der Waals surface area (Å²) < 4.78 is 0. The third kappa shape index (κ3) is 6.30. The van der Waals surface area contributed by atoms with Gasteiger partial charge in [0.25, 0.3) is 0 Å². The maximum atomic E-state index is 13.6. The molecule has 1 atom stereocenters. The van der Waals surface area contributed by atoms with E-state index < -0.39 is 6.04 Å². The monoisotopic (exact) mass is 428 g/mol. The number of nitrogens with zero attached hydrogens (tertiary/aromatic N) is 1. The fourth-order valence-corrected chi connectivity index (χ4v) is 3.81. The fraction of sp³-hybridized carbons (Fsp3) is 0.286. The molecule has 3 aromatic rings. The van der Waals surface area contributed by atoms with Gasteiger partial charge in [0.1, 0.15) is 6.04 Å². The Balaban J connectivity index is 1.95. The first-order chi connectivity index (χ1) is 15.5. The minimum Gasteiger partial charge on any atom is -0.355 e. The van der Waals surface area contributed by atoms with E-state index in [2.05, 4.69) is 5.32 Å². The summed E-state index contributed by atoms with van der Waals surface area (Å²) in [4.78, 5) is 28.5. The molecule has 0 aliphatic carbocycles. The average Bonchev–Trinajstić information content (AvgIpc) is 2.79. The molecule has 166 valence electrons. The lowest BCUT2D eigenvalue weighted by molar-refractivity contribution is -0.140. The Hall–Kier alpha value is -3.40. The Morgan fingerprint density at radius 1 is 0.844 bits per heavy atom. The highest BCUT2D eigenvalue weighted by molar-refractivity contribution is 5.88. The molecule has 3 aromatic carbocycles. The molecule has 3 rings (SSSR count). The molecular weight excluding hydrogens is 396 g/mol. The maximum absolute atomic E-state index is 13.6. The van der Waals surface area contributed by atoms with Crippen molar-refractivity contribution in [2.24, 2.45) is 0 Å². The highest BCUT2D eigenvalue weighted by atomic mass is 16.2. The number of carbonyl (C=O) groups is 2. The molecule has 4 nitrogen and oxygen atoms in total. The van der Waals surface area contributed by atoms with Crippen LogP contribution in [0.4, 0.5) is 0 Å². The van der Waals surface area contributed by atoms with Crippen LogP contribution >= 0.6 is 0 Å². The molecule has 0 bridgehead atoms. The molecule has 1 unspecified atom stereocenters. The van der Waals surface area contributed by atoms with Crippen molar-refractivity contribution in [3.05, 3.63) is 107 Å². The third-order valence-corrected chi connectivity index (χ3v) is 5.70. The van der Waals surface area contributed by atoms with Crippen LogP contribution in [0.25, 0.3) is 0 Å². The SMILES string of the molecule is CCNC(=O)C(Cc1ccccc1)N(Cc1ccc(C)cc1)C(=O)Cc1ccccc1C. The fourth-order valence-electron chi connectivity index (χ4n) is 3.81. The molecule has 0 heterocycles. The Kier molecular flexibility index (Phi) is 8.20. The second kappa shape index (κ2) is 11.3. The predicted molar refractivity (Wildman–Crippen MR) is 129 cm³/mol. The van der Waals surface area contributed by atoms with E-state index >= 15 is 0 Å². The summed E-state index contributed by atoms with van der Waals surface area (Å²) in [7, 11) is 0.